The summed E-state index contributed by atoms with van der Waals surface area (Å²) in [5.74, 6) is -0.594. The highest BCUT2D eigenvalue weighted by atomic mass is 32.1. The SMILES string of the molecule is CC(C)CC(=O)NCc1ccc(C(=O)O)s1.Nc1ccccc1N. The summed E-state index contributed by atoms with van der Waals surface area (Å²) in [7, 11) is 0. The number of aromatic carboxylic acids is 1. The van der Waals surface area contributed by atoms with Gasteiger partial charge >= 0.3 is 5.97 Å². The zero-order chi connectivity index (χ0) is 18.1. The zero-order valence-corrected chi connectivity index (χ0v) is 14.6. The maximum Gasteiger partial charge on any atom is 0.345 e. The normalized spacial score (nSPS) is 9.96. The summed E-state index contributed by atoms with van der Waals surface area (Å²) in [6, 6.07) is 10.5. The van der Waals surface area contributed by atoms with Crippen molar-refractivity contribution in [1.82, 2.24) is 5.32 Å². The summed E-state index contributed by atoms with van der Waals surface area (Å²) in [5, 5.41) is 11.5. The van der Waals surface area contributed by atoms with Gasteiger partial charge in [-0.2, -0.15) is 0 Å². The first-order valence-electron chi connectivity index (χ1n) is 7.48. The summed E-state index contributed by atoms with van der Waals surface area (Å²) in [6.45, 7) is 4.37. The fourth-order valence-electron chi connectivity index (χ4n) is 1.73. The monoisotopic (exact) mass is 349 g/mol. The second-order valence-electron chi connectivity index (χ2n) is 5.57. The van der Waals surface area contributed by atoms with Crippen LogP contribution in [-0.4, -0.2) is 17.0 Å². The molecule has 1 aromatic heterocycles. The summed E-state index contributed by atoms with van der Waals surface area (Å²) < 4.78 is 0. The van der Waals surface area contributed by atoms with E-state index in [1.807, 2.05) is 26.0 Å². The van der Waals surface area contributed by atoms with E-state index in [1.54, 1.807) is 24.3 Å². The van der Waals surface area contributed by atoms with E-state index >= 15 is 0 Å². The van der Waals surface area contributed by atoms with Crippen molar-refractivity contribution in [2.45, 2.75) is 26.8 Å². The topological polar surface area (TPSA) is 118 Å². The Morgan fingerprint density at radius 1 is 1.12 bits per heavy atom. The molecule has 0 saturated heterocycles. The molecule has 7 heteroatoms. The Labute approximate surface area is 145 Å². The molecule has 1 heterocycles. The fraction of sp³-hybridized carbons (Fsp3) is 0.294. The number of hydrogen-bond acceptors (Lipinski definition) is 5. The van der Waals surface area contributed by atoms with Crippen molar-refractivity contribution < 1.29 is 14.7 Å². The molecule has 1 amide bonds. The number of amides is 1. The van der Waals surface area contributed by atoms with Crippen LogP contribution in [0.15, 0.2) is 36.4 Å². The van der Waals surface area contributed by atoms with Gasteiger partial charge in [-0.05, 0) is 30.2 Å². The van der Waals surface area contributed by atoms with Gasteiger partial charge in [0, 0.05) is 11.3 Å². The van der Waals surface area contributed by atoms with Crippen LogP contribution in [0.4, 0.5) is 11.4 Å². The highest BCUT2D eigenvalue weighted by molar-refractivity contribution is 7.13. The molecule has 0 spiro atoms. The van der Waals surface area contributed by atoms with Crippen molar-refractivity contribution in [3.8, 4) is 0 Å². The van der Waals surface area contributed by atoms with Crippen LogP contribution in [-0.2, 0) is 11.3 Å². The smallest absolute Gasteiger partial charge is 0.345 e. The number of rotatable bonds is 5. The molecular formula is C17H23N3O3S. The van der Waals surface area contributed by atoms with E-state index in [0.717, 1.165) is 4.88 Å². The number of nitrogens with one attached hydrogen (secondary N) is 1. The first kappa shape index (κ1) is 19.5. The second-order valence-corrected chi connectivity index (χ2v) is 6.74. The van der Waals surface area contributed by atoms with Crippen LogP contribution in [0.1, 0.15) is 34.8 Å². The number of carbonyl (C=O) groups is 2. The molecule has 0 fully saturated rings. The van der Waals surface area contributed by atoms with Crippen LogP contribution in [0.25, 0.3) is 0 Å². The van der Waals surface area contributed by atoms with Crippen molar-refractivity contribution >= 4 is 34.6 Å². The Morgan fingerprint density at radius 3 is 2.12 bits per heavy atom. The minimum atomic E-state index is -0.926. The van der Waals surface area contributed by atoms with E-state index in [9.17, 15) is 9.59 Å². The molecule has 24 heavy (non-hydrogen) atoms. The van der Waals surface area contributed by atoms with Gasteiger partial charge in [-0.3, -0.25) is 4.79 Å². The van der Waals surface area contributed by atoms with Gasteiger partial charge in [-0.25, -0.2) is 4.79 Å². The minimum Gasteiger partial charge on any atom is -0.477 e. The van der Waals surface area contributed by atoms with Gasteiger partial charge in [0.2, 0.25) is 5.91 Å². The highest BCUT2D eigenvalue weighted by Crippen LogP contribution is 2.16. The van der Waals surface area contributed by atoms with Crippen molar-refractivity contribution in [3.05, 3.63) is 46.2 Å². The molecular weight excluding hydrogens is 326 g/mol. The molecule has 0 bridgehead atoms. The molecule has 0 radical (unpaired) electrons. The van der Waals surface area contributed by atoms with Gasteiger partial charge in [0.25, 0.3) is 0 Å². The van der Waals surface area contributed by atoms with Crippen LogP contribution in [0.3, 0.4) is 0 Å². The maximum absolute atomic E-state index is 11.3. The molecule has 2 rings (SSSR count). The average Bonchev–Trinajstić information content (AvgIpc) is 2.97. The molecule has 6 nitrogen and oxygen atoms in total. The predicted molar refractivity (Wildman–Crippen MR) is 97.8 cm³/mol. The lowest BCUT2D eigenvalue weighted by atomic mass is 10.1. The lowest BCUT2D eigenvalue weighted by Crippen LogP contribution is -2.23. The van der Waals surface area contributed by atoms with E-state index < -0.39 is 5.97 Å². The molecule has 0 saturated carbocycles. The van der Waals surface area contributed by atoms with E-state index in [0.29, 0.717) is 35.1 Å². The Bertz CT molecular complexity index is 662. The largest absolute Gasteiger partial charge is 0.477 e. The Hall–Kier alpha value is -2.54. The number of carboxylic acid groups (broad SMARTS) is 1. The third-order valence-corrected chi connectivity index (χ3v) is 4.00. The molecule has 0 atom stereocenters. The van der Waals surface area contributed by atoms with Crippen LogP contribution < -0.4 is 16.8 Å². The summed E-state index contributed by atoms with van der Waals surface area (Å²) in [4.78, 5) is 23.1. The molecule has 0 aliphatic rings. The third kappa shape index (κ3) is 7.15. The Balaban J connectivity index is 0.000000300. The summed E-state index contributed by atoms with van der Waals surface area (Å²) in [6.07, 6.45) is 0.497. The zero-order valence-electron chi connectivity index (χ0n) is 13.8. The number of hydrogen-bond donors (Lipinski definition) is 4. The van der Waals surface area contributed by atoms with Gasteiger partial charge < -0.3 is 21.9 Å². The fourth-order valence-corrected chi connectivity index (χ4v) is 2.51. The van der Waals surface area contributed by atoms with Crippen LogP contribution in [0.5, 0.6) is 0 Å². The number of carboxylic acids is 1. The highest BCUT2D eigenvalue weighted by Gasteiger charge is 2.08. The first-order valence-corrected chi connectivity index (χ1v) is 8.30. The molecule has 1 aromatic carbocycles. The van der Waals surface area contributed by atoms with Crippen molar-refractivity contribution in [2.24, 2.45) is 5.92 Å². The molecule has 6 N–H and O–H groups in total. The summed E-state index contributed by atoms with van der Waals surface area (Å²) >= 11 is 1.19. The van der Waals surface area contributed by atoms with Crippen LogP contribution >= 0.6 is 11.3 Å². The van der Waals surface area contributed by atoms with E-state index in [4.69, 9.17) is 16.6 Å². The average molecular weight is 349 g/mol. The lowest BCUT2D eigenvalue weighted by Gasteiger charge is -2.05. The number of carbonyl (C=O) groups excluding carboxylic acids is 1. The van der Waals surface area contributed by atoms with Crippen LogP contribution in [0.2, 0.25) is 0 Å². The minimum absolute atomic E-state index is 0.000255. The van der Waals surface area contributed by atoms with Crippen molar-refractivity contribution in [1.29, 1.82) is 0 Å². The lowest BCUT2D eigenvalue weighted by molar-refractivity contribution is -0.121. The van der Waals surface area contributed by atoms with Gasteiger partial charge in [0.1, 0.15) is 4.88 Å². The number of benzene rings is 1. The maximum atomic E-state index is 11.3. The van der Waals surface area contributed by atoms with Gasteiger partial charge in [0.05, 0.1) is 17.9 Å². The van der Waals surface area contributed by atoms with Crippen LogP contribution in [0, 0.1) is 5.92 Å². The number of thiophene rings is 1. The van der Waals surface area contributed by atoms with Gasteiger partial charge in [0.15, 0.2) is 0 Å². The van der Waals surface area contributed by atoms with Gasteiger partial charge in [-0.15, -0.1) is 11.3 Å². The standard InChI is InChI=1S/C11H15NO3S.C6H8N2/c1-7(2)5-10(13)12-6-8-3-4-9(16-8)11(14)15;7-5-3-1-2-4-6(5)8/h3-4,7H,5-6H2,1-2H3,(H,12,13)(H,14,15);1-4H,7-8H2. The molecule has 0 aliphatic heterocycles. The second kappa shape index (κ2) is 9.57. The molecule has 0 aliphatic carbocycles. The van der Waals surface area contributed by atoms with Crippen molar-refractivity contribution in [2.75, 3.05) is 11.5 Å². The van der Waals surface area contributed by atoms with E-state index in [2.05, 4.69) is 5.32 Å². The number of nitrogens with two attached hydrogens (primary N) is 2. The number of nitrogen functional groups attached to an aromatic ring is 2. The van der Waals surface area contributed by atoms with Gasteiger partial charge in [-0.1, -0.05) is 26.0 Å². The third-order valence-electron chi connectivity index (χ3n) is 2.92. The van der Waals surface area contributed by atoms with E-state index in [-0.39, 0.29) is 5.91 Å². The molecule has 130 valence electrons. The quantitative estimate of drug-likeness (QED) is 0.619. The first-order chi connectivity index (χ1) is 11.3. The molecule has 2 aromatic rings. The Kier molecular flexibility index (Phi) is 7.77. The number of anilines is 2. The summed E-state index contributed by atoms with van der Waals surface area (Å²) in [5.41, 5.74) is 12.1. The Morgan fingerprint density at radius 2 is 1.71 bits per heavy atom. The number of para-hydroxylation sites is 2. The predicted octanol–water partition coefficient (Wildman–Crippen LogP) is 2.96. The van der Waals surface area contributed by atoms with Crippen molar-refractivity contribution in [3.63, 3.8) is 0 Å². The van der Waals surface area contributed by atoms with E-state index in [1.165, 1.54) is 11.3 Å². The molecule has 0 unspecified atom stereocenters.